The number of benzene rings is 1. The van der Waals surface area contributed by atoms with E-state index in [1.54, 1.807) is 0 Å². The molecule has 1 aromatic carbocycles. The summed E-state index contributed by atoms with van der Waals surface area (Å²) in [6, 6.07) is 6.69. The fourth-order valence-electron chi connectivity index (χ4n) is 2.54. The van der Waals surface area contributed by atoms with Crippen LogP contribution >= 0.6 is 0 Å². The van der Waals surface area contributed by atoms with Crippen molar-refractivity contribution in [2.75, 3.05) is 0 Å². The van der Waals surface area contributed by atoms with Crippen molar-refractivity contribution in [2.45, 2.75) is 38.7 Å². The third kappa shape index (κ3) is 2.57. The van der Waals surface area contributed by atoms with Gasteiger partial charge in [-0.05, 0) is 48.8 Å². The lowest BCUT2D eigenvalue weighted by molar-refractivity contribution is 0.163. The summed E-state index contributed by atoms with van der Waals surface area (Å²) < 4.78 is 12.7. The molecule has 0 radical (unpaired) electrons. The largest absolute Gasteiger partial charge is 0.393 e. The van der Waals surface area contributed by atoms with Gasteiger partial charge in [-0.1, -0.05) is 19.1 Å². The van der Waals surface area contributed by atoms with Crippen LogP contribution in [0.3, 0.4) is 0 Å². The topological polar surface area (TPSA) is 20.2 Å². The quantitative estimate of drug-likeness (QED) is 0.792. The molecule has 15 heavy (non-hydrogen) atoms. The molecule has 1 aliphatic rings. The zero-order valence-corrected chi connectivity index (χ0v) is 9.04. The lowest BCUT2D eigenvalue weighted by Gasteiger charge is -2.23. The van der Waals surface area contributed by atoms with E-state index in [4.69, 9.17) is 0 Å². The zero-order chi connectivity index (χ0) is 10.9. The van der Waals surface area contributed by atoms with Gasteiger partial charge >= 0.3 is 0 Å². The van der Waals surface area contributed by atoms with Crippen LogP contribution in [0.25, 0.3) is 0 Å². The highest BCUT2D eigenvalue weighted by Gasteiger charge is 2.33. The molecule has 0 amide bonds. The van der Waals surface area contributed by atoms with Gasteiger partial charge in [-0.25, -0.2) is 4.39 Å². The highest BCUT2D eigenvalue weighted by Crippen LogP contribution is 2.40. The van der Waals surface area contributed by atoms with Crippen molar-refractivity contribution >= 4 is 0 Å². The molecule has 2 heteroatoms. The van der Waals surface area contributed by atoms with E-state index in [0.29, 0.717) is 0 Å². The Morgan fingerprint density at radius 3 is 2.60 bits per heavy atom. The SMILES string of the molecule is CC1(Cc2ccc(F)cc2)CCC(O)C1. The Labute approximate surface area is 89.9 Å². The molecule has 2 atom stereocenters. The molecule has 0 bridgehead atoms. The van der Waals surface area contributed by atoms with E-state index in [-0.39, 0.29) is 17.3 Å². The van der Waals surface area contributed by atoms with E-state index in [9.17, 15) is 9.50 Å². The van der Waals surface area contributed by atoms with Crippen molar-refractivity contribution in [1.29, 1.82) is 0 Å². The maximum Gasteiger partial charge on any atom is 0.123 e. The van der Waals surface area contributed by atoms with Crippen molar-refractivity contribution in [1.82, 2.24) is 0 Å². The van der Waals surface area contributed by atoms with Gasteiger partial charge in [-0.3, -0.25) is 0 Å². The molecule has 1 aromatic rings. The molecule has 1 saturated carbocycles. The Morgan fingerprint density at radius 1 is 1.40 bits per heavy atom. The number of hydrogen-bond acceptors (Lipinski definition) is 1. The molecule has 2 rings (SSSR count). The molecular formula is C13H17FO. The van der Waals surface area contributed by atoms with Gasteiger partial charge in [0.05, 0.1) is 6.10 Å². The molecule has 2 unspecified atom stereocenters. The second kappa shape index (κ2) is 3.93. The highest BCUT2D eigenvalue weighted by atomic mass is 19.1. The van der Waals surface area contributed by atoms with Crippen LogP contribution < -0.4 is 0 Å². The molecule has 0 aromatic heterocycles. The second-order valence-electron chi connectivity index (χ2n) is 5.01. The molecule has 82 valence electrons. The highest BCUT2D eigenvalue weighted by molar-refractivity contribution is 5.18. The van der Waals surface area contributed by atoms with Crippen LogP contribution in [-0.4, -0.2) is 11.2 Å². The van der Waals surface area contributed by atoms with E-state index in [2.05, 4.69) is 6.92 Å². The first-order valence-corrected chi connectivity index (χ1v) is 5.50. The molecular weight excluding hydrogens is 191 g/mol. The first kappa shape index (κ1) is 10.6. The van der Waals surface area contributed by atoms with Crippen LogP contribution in [0.1, 0.15) is 31.7 Å². The molecule has 1 aliphatic carbocycles. The molecule has 0 aliphatic heterocycles. The summed E-state index contributed by atoms with van der Waals surface area (Å²) in [5, 5.41) is 9.53. The van der Waals surface area contributed by atoms with Crippen LogP contribution in [0.5, 0.6) is 0 Å². The van der Waals surface area contributed by atoms with Gasteiger partial charge in [-0.15, -0.1) is 0 Å². The molecule has 1 fully saturated rings. The summed E-state index contributed by atoms with van der Waals surface area (Å²) in [5.41, 5.74) is 1.35. The summed E-state index contributed by atoms with van der Waals surface area (Å²) in [6.07, 6.45) is 3.62. The van der Waals surface area contributed by atoms with E-state index < -0.39 is 0 Å². The monoisotopic (exact) mass is 208 g/mol. The van der Waals surface area contributed by atoms with Gasteiger partial charge in [0, 0.05) is 0 Å². The second-order valence-corrected chi connectivity index (χ2v) is 5.01. The van der Waals surface area contributed by atoms with Crippen molar-refractivity contribution < 1.29 is 9.50 Å². The van der Waals surface area contributed by atoms with Crippen LogP contribution in [0, 0.1) is 11.2 Å². The summed E-state index contributed by atoms with van der Waals surface area (Å²) in [6.45, 7) is 2.20. The predicted molar refractivity (Wildman–Crippen MR) is 58.1 cm³/mol. The van der Waals surface area contributed by atoms with Crippen LogP contribution in [0.15, 0.2) is 24.3 Å². The van der Waals surface area contributed by atoms with Gasteiger partial charge in [0.1, 0.15) is 5.82 Å². The van der Waals surface area contributed by atoms with E-state index >= 15 is 0 Å². The van der Waals surface area contributed by atoms with Crippen molar-refractivity contribution in [3.8, 4) is 0 Å². The Kier molecular flexibility index (Phi) is 2.79. The fraction of sp³-hybridized carbons (Fsp3) is 0.538. The average Bonchev–Trinajstić information content (AvgIpc) is 2.50. The van der Waals surface area contributed by atoms with Crippen molar-refractivity contribution in [3.05, 3.63) is 35.6 Å². The summed E-state index contributed by atoms with van der Waals surface area (Å²) in [4.78, 5) is 0. The minimum absolute atomic E-state index is 0.143. The van der Waals surface area contributed by atoms with Crippen molar-refractivity contribution in [2.24, 2.45) is 5.41 Å². The average molecular weight is 208 g/mol. The molecule has 0 saturated heterocycles. The molecule has 0 spiro atoms. The van der Waals surface area contributed by atoms with Gasteiger partial charge in [-0.2, -0.15) is 0 Å². The standard InChI is InChI=1S/C13H17FO/c1-13(7-6-12(15)9-13)8-10-2-4-11(14)5-3-10/h2-5,12,15H,6-9H2,1H3. The molecule has 1 N–H and O–H groups in total. The maximum atomic E-state index is 12.7. The minimum Gasteiger partial charge on any atom is -0.393 e. The Hall–Kier alpha value is -0.890. The van der Waals surface area contributed by atoms with Gasteiger partial charge in [0.25, 0.3) is 0 Å². The van der Waals surface area contributed by atoms with E-state index in [1.165, 1.54) is 12.1 Å². The Bertz CT molecular complexity index is 333. The fourth-order valence-corrected chi connectivity index (χ4v) is 2.54. The van der Waals surface area contributed by atoms with Gasteiger partial charge in [0.2, 0.25) is 0 Å². The van der Waals surface area contributed by atoms with Gasteiger partial charge < -0.3 is 5.11 Å². The Balaban J connectivity index is 2.05. The van der Waals surface area contributed by atoms with E-state index in [1.807, 2.05) is 12.1 Å². The van der Waals surface area contributed by atoms with Crippen LogP contribution in [0.2, 0.25) is 0 Å². The summed E-state index contributed by atoms with van der Waals surface area (Å²) in [5.74, 6) is -0.185. The van der Waals surface area contributed by atoms with Crippen LogP contribution in [0.4, 0.5) is 4.39 Å². The third-order valence-corrected chi connectivity index (χ3v) is 3.35. The van der Waals surface area contributed by atoms with Gasteiger partial charge in [0.15, 0.2) is 0 Å². The Morgan fingerprint density at radius 2 is 2.07 bits per heavy atom. The summed E-state index contributed by atoms with van der Waals surface area (Å²) >= 11 is 0. The minimum atomic E-state index is -0.185. The number of rotatable bonds is 2. The van der Waals surface area contributed by atoms with Crippen molar-refractivity contribution in [3.63, 3.8) is 0 Å². The maximum absolute atomic E-state index is 12.7. The number of aliphatic hydroxyl groups excluding tert-OH is 1. The first-order chi connectivity index (χ1) is 7.07. The lowest BCUT2D eigenvalue weighted by atomic mass is 9.82. The number of halogens is 1. The van der Waals surface area contributed by atoms with Crippen LogP contribution in [-0.2, 0) is 6.42 Å². The number of aliphatic hydroxyl groups is 1. The lowest BCUT2D eigenvalue weighted by Crippen LogP contribution is -2.16. The molecule has 0 heterocycles. The third-order valence-electron chi connectivity index (χ3n) is 3.35. The normalized spacial score (nSPS) is 30.7. The predicted octanol–water partition coefficient (Wildman–Crippen LogP) is 2.92. The zero-order valence-electron chi connectivity index (χ0n) is 9.04. The van der Waals surface area contributed by atoms with E-state index in [0.717, 1.165) is 31.2 Å². The summed E-state index contributed by atoms with van der Waals surface area (Å²) in [7, 11) is 0. The number of hydrogen-bond donors (Lipinski definition) is 1. The first-order valence-electron chi connectivity index (χ1n) is 5.50. The molecule has 1 nitrogen and oxygen atoms in total. The smallest absolute Gasteiger partial charge is 0.123 e.